The van der Waals surface area contributed by atoms with Crippen molar-refractivity contribution in [3.63, 3.8) is 0 Å². The first kappa shape index (κ1) is 23.4. The van der Waals surface area contributed by atoms with Gasteiger partial charge in [0.15, 0.2) is 15.8 Å². The van der Waals surface area contributed by atoms with Gasteiger partial charge < -0.3 is 15.5 Å². The van der Waals surface area contributed by atoms with Gasteiger partial charge in [0.1, 0.15) is 5.82 Å². The van der Waals surface area contributed by atoms with Gasteiger partial charge in [-0.15, -0.1) is 0 Å². The Morgan fingerprint density at radius 3 is 2.48 bits per heavy atom. The Hall–Kier alpha value is -1.67. The molecule has 0 atom stereocenters. The van der Waals surface area contributed by atoms with E-state index < -0.39 is 15.7 Å². The summed E-state index contributed by atoms with van der Waals surface area (Å²) in [5, 5.41) is 6.45. The van der Waals surface area contributed by atoms with Crippen molar-refractivity contribution < 1.29 is 12.8 Å². The Morgan fingerprint density at radius 1 is 1.15 bits per heavy atom. The first-order valence-electron chi connectivity index (χ1n) is 9.48. The molecule has 0 saturated heterocycles. The first-order chi connectivity index (χ1) is 12.8. The summed E-state index contributed by atoms with van der Waals surface area (Å²) in [4.78, 5) is 6.85. The maximum absolute atomic E-state index is 13.6. The Kier molecular flexibility index (Phi) is 10.3. The van der Waals surface area contributed by atoms with E-state index >= 15 is 0 Å². The summed E-state index contributed by atoms with van der Waals surface area (Å²) in [7, 11) is -3.20. The van der Waals surface area contributed by atoms with Crippen molar-refractivity contribution in [2.75, 3.05) is 39.0 Å². The van der Waals surface area contributed by atoms with E-state index in [0.29, 0.717) is 23.6 Å². The monoisotopic (exact) mass is 400 g/mol. The van der Waals surface area contributed by atoms with Gasteiger partial charge in [0.2, 0.25) is 0 Å². The highest BCUT2D eigenvalue weighted by Gasteiger charge is 2.11. The summed E-state index contributed by atoms with van der Waals surface area (Å²) in [6.07, 6.45) is 2.29. The smallest absolute Gasteiger partial charge is 0.191 e. The largest absolute Gasteiger partial charge is 0.357 e. The summed E-state index contributed by atoms with van der Waals surface area (Å²) in [5.41, 5.74) is 1.16. The lowest BCUT2D eigenvalue weighted by molar-refractivity contribution is 0.293. The third-order valence-corrected chi connectivity index (χ3v) is 4.88. The predicted octanol–water partition coefficient (Wildman–Crippen LogP) is 2.16. The van der Waals surface area contributed by atoms with Crippen LogP contribution in [-0.2, 0) is 22.1 Å². The van der Waals surface area contributed by atoms with Crippen LogP contribution >= 0.6 is 0 Å². The molecule has 1 aromatic carbocycles. The van der Waals surface area contributed by atoms with Crippen LogP contribution in [0.3, 0.4) is 0 Å². The molecule has 0 saturated carbocycles. The summed E-state index contributed by atoms with van der Waals surface area (Å²) < 4.78 is 36.8. The number of sulfone groups is 1. The van der Waals surface area contributed by atoms with Crippen molar-refractivity contribution >= 4 is 15.8 Å². The van der Waals surface area contributed by atoms with Gasteiger partial charge in [-0.05, 0) is 49.7 Å². The van der Waals surface area contributed by atoms with E-state index in [4.69, 9.17) is 0 Å². The van der Waals surface area contributed by atoms with Crippen LogP contribution < -0.4 is 10.6 Å². The van der Waals surface area contributed by atoms with E-state index in [-0.39, 0.29) is 12.3 Å². The number of hydrogen-bond donors (Lipinski definition) is 2. The van der Waals surface area contributed by atoms with Crippen LogP contribution in [0.4, 0.5) is 4.39 Å². The fraction of sp³-hybridized carbons (Fsp3) is 0.632. The van der Waals surface area contributed by atoms with Crippen LogP contribution in [0.15, 0.2) is 23.2 Å². The van der Waals surface area contributed by atoms with Gasteiger partial charge in [0.25, 0.3) is 0 Å². The zero-order chi connectivity index (χ0) is 20.3. The second kappa shape index (κ2) is 11.9. The molecule has 154 valence electrons. The van der Waals surface area contributed by atoms with E-state index in [0.717, 1.165) is 32.6 Å². The molecular formula is C19H33FN4O2S. The van der Waals surface area contributed by atoms with Crippen molar-refractivity contribution in [2.45, 2.75) is 39.5 Å². The van der Waals surface area contributed by atoms with Gasteiger partial charge in [-0.2, -0.15) is 0 Å². The topological polar surface area (TPSA) is 73.8 Å². The minimum Gasteiger partial charge on any atom is -0.357 e. The number of hydrogen-bond acceptors (Lipinski definition) is 4. The summed E-state index contributed by atoms with van der Waals surface area (Å²) in [5.74, 6) is 0.123. The molecule has 0 heterocycles. The fourth-order valence-electron chi connectivity index (χ4n) is 2.75. The van der Waals surface area contributed by atoms with Crippen LogP contribution in [0.2, 0.25) is 0 Å². The summed E-state index contributed by atoms with van der Waals surface area (Å²) >= 11 is 0. The standard InChI is InChI=1S/C19H33FN4O2S/c1-5-11-24(7-3)12-10-22-19(21-6-2)23-14-17-13-18(20)9-8-16(17)15-27(4,25)26/h8-9,13H,5-7,10-12,14-15H2,1-4H3,(H2,21,22,23). The highest BCUT2D eigenvalue weighted by atomic mass is 32.2. The minimum absolute atomic E-state index is 0.120. The Labute approximate surface area is 163 Å². The van der Waals surface area contributed by atoms with E-state index in [1.165, 1.54) is 24.5 Å². The highest BCUT2D eigenvalue weighted by molar-refractivity contribution is 7.89. The quantitative estimate of drug-likeness (QED) is 0.440. The average Bonchev–Trinajstić information content (AvgIpc) is 2.59. The van der Waals surface area contributed by atoms with E-state index in [9.17, 15) is 12.8 Å². The molecule has 0 bridgehead atoms. The molecule has 27 heavy (non-hydrogen) atoms. The summed E-state index contributed by atoms with van der Waals surface area (Å²) in [6, 6.07) is 4.16. The molecule has 1 rings (SSSR count). The fourth-order valence-corrected chi connectivity index (χ4v) is 3.59. The number of benzene rings is 1. The molecule has 1 aromatic rings. The molecule has 6 nitrogen and oxygen atoms in total. The molecule has 0 amide bonds. The van der Waals surface area contributed by atoms with Crippen LogP contribution in [0.25, 0.3) is 0 Å². The van der Waals surface area contributed by atoms with E-state index in [1.54, 1.807) is 0 Å². The van der Waals surface area contributed by atoms with Gasteiger partial charge in [0, 0.05) is 25.9 Å². The number of rotatable bonds is 11. The second-order valence-corrected chi connectivity index (χ2v) is 8.68. The number of aliphatic imine (C=N–C) groups is 1. The Balaban J connectivity index is 2.81. The number of nitrogens with one attached hydrogen (secondary N) is 2. The second-order valence-electron chi connectivity index (χ2n) is 6.54. The minimum atomic E-state index is -3.20. The van der Waals surface area contributed by atoms with Crippen molar-refractivity contribution in [1.29, 1.82) is 0 Å². The molecule has 0 spiro atoms. The average molecular weight is 401 g/mol. The molecular weight excluding hydrogens is 367 g/mol. The predicted molar refractivity (Wildman–Crippen MR) is 110 cm³/mol. The molecule has 2 N–H and O–H groups in total. The lowest BCUT2D eigenvalue weighted by Crippen LogP contribution is -2.41. The zero-order valence-electron chi connectivity index (χ0n) is 16.9. The number of likely N-dealkylation sites (N-methyl/N-ethyl adjacent to an activating group) is 1. The van der Waals surface area contributed by atoms with Gasteiger partial charge in [-0.3, -0.25) is 0 Å². The molecule has 0 fully saturated rings. The lowest BCUT2D eigenvalue weighted by Gasteiger charge is -2.20. The molecule has 0 aliphatic heterocycles. The van der Waals surface area contributed by atoms with Crippen LogP contribution in [-0.4, -0.2) is 58.3 Å². The maximum atomic E-state index is 13.6. The third kappa shape index (κ3) is 9.72. The number of nitrogens with zero attached hydrogens (tertiary/aromatic N) is 2. The van der Waals surface area contributed by atoms with Gasteiger partial charge in [-0.1, -0.05) is 19.9 Å². The van der Waals surface area contributed by atoms with Gasteiger partial charge in [-0.25, -0.2) is 17.8 Å². The van der Waals surface area contributed by atoms with Crippen molar-refractivity contribution in [1.82, 2.24) is 15.5 Å². The van der Waals surface area contributed by atoms with Gasteiger partial charge in [0.05, 0.1) is 12.3 Å². The van der Waals surface area contributed by atoms with Gasteiger partial charge >= 0.3 is 0 Å². The van der Waals surface area contributed by atoms with Crippen molar-refractivity contribution in [3.8, 4) is 0 Å². The molecule has 0 aliphatic carbocycles. The molecule has 0 unspecified atom stereocenters. The van der Waals surface area contributed by atoms with Crippen LogP contribution in [0, 0.1) is 5.82 Å². The zero-order valence-corrected chi connectivity index (χ0v) is 17.7. The molecule has 0 aromatic heterocycles. The Bertz CT molecular complexity index is 708. The number of halogens is 1. The van der Waals surface area contributed by atoms with Crippen LogP contribution in [0.1, 0.15) is 38.3 Å². The lowest BCUT2D eigenvalue weighted by atomic mass is 10.1. The normalized spacial score (nSPS) is 12.4. The van der Waals surface area contributed by atoms with E-state index in [2.05, 4.69) is 34.4 Å². The maximum Gasteiger partial charge on any atom is 0.191 e. The molecule has 8 heteroatoms. The van der Waals surface area contributed by atoms with Crippen molar-refractivity contribution in [3.05, 3.63) is 35.1 Å². The van der Waals surface area contributed by atoms with Crippen molar-refractivity contribution in [2.24, 2.45) is 4.99 Å². The SMILES string of the molecule is CCCN(CC)CCNC(=NCc1cc(F)ccc1CS(C)(=O)=O)NCC. The molecule has 0 radical (unpaired) electrons. The third-order valence-electron chi connectivity index (χ3n) is 4.05. The Morgan fingerprint density at radius 2 is 1.89 bits per heavy atom. The van der Waals surface area contributed by atoms with Crippen LogP contribution in [0.5, 0.6) is 0 Å². The highest BCUT2D eigenvalue weighted by Crippen LogP contribution is 2.15. The molecule has 0 aliphatic rings. The first-order valence-corrected chi connectivity index (χ1v) is 11.5. The summed E-state index contributed by atoms with van der Waals surface area (Å²) in [6.45, 7) is 10.9. The number of guanidine groups is 1. The van der Waals surface area contributed by atoms with E-state index in [1.807, 2.05) is 6.92 Å².